The third kappa shape index (κ3) is 2.59. The molecule has 5 heteroatoms. The summed E-state index contributed by atoms with van der Waals surface area (Å²) in [6.07, 6.45) is 1.02. The average molecular weight is 225 g/mol. The van der Waals surface area contributed by atoms with Gasteiger partial charge in [-0.15, -0.1) is 0 Å². The van der Waals surface area contributed by atoms with Crippen molar-refractivity contribution in [3.05, 3.63) is 11.7 Å². The van der Waals surface area contributed by atoms with Crippen molar-refractivity contribution in [1.82, 2.24) is 15.0 Å². The van der Waals surface area contributed by atoms with Crippen LogP contribution in [-0.4, -0.2) is 38.8 Å². The fourth-order valence-electron chi connectivity index (χ4n) is 2.15. The molecule has 2 rings (SSSR count). The van der Waals surface area contributed by atoms with Crippen molar-refractivity contribution >= 4 is 0 Å². The Morgan fingerprint density at radius 3 is 2.81 bits per heavy atom. The van der Waals surface area contributed by atoms with Gasteiger partial charge < -0.3 is 9.63 Å². The fourth-order valence-corrected chi connectivity index (χ4v) is 2.15. The lowest BCUT2D eigenvalue weighted by molar-refractivity contribution is 0.0204. The summed E-state index contributed by atoms with van der Waals surface area (Å²) in [7, 11) is 0. The molecule has 1 fully saturated rings. The third-order valence-electron chi connectivity index (χ3n) is 3.20. The van der Waals surface area contributed by atoms with Gasteiger partial charge in [0.05, 0.1) is 12.1 Å². The lowest BCUT2D eigenvalue weighted by atomic mass is 9.90. The van der Waals surface area contributed by atoms with Crippen molar-refractivity contribution < 1.29 is 9.63 Å². The number of nitrogens with zero attached hydrogens (tertiary/aromatic N) is 3. The van der Waals surface area contributed by atoms with Gasteiger partial charge >= 0.3 is 0 Å². The van der Waals surface area contributed by atoms with Gasteiger partial charge in [0, 0.05) is 12.5 Å². The first kappa shape index (κ1) is 11.5. The minimum atomic E-state index is -0.598. The molecule has 16 heavy (non-hydrogen) atoms. The van der Waals surface area contributed by atoms with Gasteiger partial charge in [0.1, 0.15) is 0 Å². The largest absolute Gasteiger partial charge is 0.390 e. The standard InChI is InChI=1S/C11H19N3O2/c1-8-12-10(16-13-8)7-14-5-4-9(6-14)11(2,3)15/h9,15H,4-7H2,1-3H3. The van der Waals surface area contributed by atoms with Crippen LogP contribution in [0.5, 0.6) is 0 Å². The zero-order chi connectivity index (χ0) is 11.8. The molecule has 1 N–H and O–H groups in total. The summed E-state index contributed by atoms with van der Waals surface area (Å²) < 4.78 is 5.08. The maximum atomic E-state index is 9.93. The lowest BCUT2D eigenvalue weighted by Crippen LogP contribution is -2.33. The Morgan fingerprint density at radius 2 is 2.31 bits per heavy atom. The van der Waals surface area contributed by atoms with E-state index < -0.39 is 5.60 Å². The molecule has 0 bridgehead atoms. The van der Waals surface area contributed by atoms with Gasteiger partial charge in [-0.2, -0.15) is 4.98 Å². The molecular formula is C11H19N3O2. The molecule has 0 radical (unpaired) electrons. The van der Waals surface area contributed by atoms with Gasteiger partial charge in [0.2, 0.25) is 5.89 Å². The molecular weight excluding hydrogens is 206 g/mol. The molecule has 0 saturated carbocycles. The Kier molecular flexibility index (Phi) is 2.99. The van der Waals surface area contributed by atoms with Crippen LogP contribution in [0.25, 0.3) is 0 Å². The highest BCUT2D eigenvalue weighted by molar-refractivity contribution is 4.89. The number of aryl methyl sites for hydroxylation is 1. The van der Waals surface area contributed by atoms with Crippen LogP contribution in [0.1, 0.15) is 32.0 Å². The Bertz CT molecular complexity index is 356. The summed E-state index contributed by atoms with van der Waals surface area (Å²) in [6, 6.07) is 0. The second-order valence-electron chi connectivity index (χ2n) is 5.11. The summed E-state index contributed by atoms with van der Waals surface area (Å²) in [4.78, 5) is 6.43. The molecule has 0 aliphatic carbocycles. The topological polar surface area (TPSA) is 62.4 Å². The lowest BCUT2D eigenvalue weighted by Gasteiger charge is -2.25. The SMILES string of the molecule is Cc1noc(CN2CCC(C(C)(C)O)C2)n1. The zero-order valence-corrected chi connectivity index (χ0v) is 10.1. The van der Waals surface area contributed by atoms with E-state index in [4.69, 9.17) is 4.52 Å². The van der Waals surface area contributed by atoms with E-state index in [1.54, 1.807) is 0 Å². The van der Waals surface area contributed by atoms with Gasteiger partial charge in [-0.25, -0.2) is 0 Å². The van der Waals surface area contributed by atoms with Crippen LogP contribution in [0.4, 0.5) is 0 Å². The number of likely N-dealkylation sites (tertiary alicyclic amines) is 1. The fraction of sp³-hybridized carbons (Fsp3) is 0.818. The predicted octanol–water partition coefficient (Wildman–Crippen LogP) is 0.971. The van der Waals surface area contributed by atoms with E-state index >= 15 is 0 Å². The quantitative estimate of drug-likeness (QED) is 0.830. The number of rotatable bonds is 3. The van der Waals surface area contributed by atoms with Crippen LogP contribution < -0.4 is 0 Å². The summed E-state index contributed by atoms with van der Waals surface area (Å²) in [5.74, 6) is 1.67. The van der Waals surface area contributed by atoms with Crippen molar-refractivity contribution in [3.8, 4) is 0 Å². The molecule has 1 saturated heterocycles. The van der Waals surface area contributed by atoms with Crippen LogP contribution in [0.2, 0.25) is 0 Å². The Balaban J connectivity index is 1.90. The zero-order valence-electron chi connectivity index (χ0n) is 10.1. The van der Waals surface area contributed by atoms with E-state index in [1.165, 1.54) is 0 Å². The maximum absolute atomic E-state index is 9.93. The predicted molar refractivity (Wildman–Crippen MR) is 58.7 cm³/mol. The smallest absolute Gasteiger partial charge is 0.240 e. The van der Waals surface area contributed by atoms with E-state index in [-0.39, 0.29) is 0 Å². The number of hydrogen-bond donors (Lipinski definition) is 1. The van der Waals surface area contributed by atoms with Crippen LogP contribution >= 0.6 is 0 Å². The molecule has 1 aromatic heterocycles. The summed E-state index contributed by atoms with van der Waals surface area (Å²) in [5.41, 5.74) is -0.598. The first-order chi connectivity index (χ1) is 7.45. The van der Waals surface area contributed by atoms with Gasteiger partial charge in [-0.1, -0.05) is 5.16 Å². The van der Waals surface area contributed by atoms with E-state index in [0.717, 1.165) is 19.5 Å². The highest BCUT2D eigenvalue weighted by Crippen LogP contribution is 2.27. The monoisotopic (exact) mass is 225 g/mol. The third-order valence-corrected chi connectivity index (χ3v) is 3.20. The Hall–Kier alpha value is -0.940. The Labute approximate surface area is 95.4 Å². The molecule has 1 unspecified atom stereocenters. The molecule has 1 aliphatic rings. The van der Waals surface area contributed by atoms with Crippen molar-refractivity contribution in [3.63, 3.8) is 0 Å². The maximum Gasteiger partial charge on any atom is 0.240 e. The second-order valence-corrected chi connectivity index (χ2v) is 5.11. The number of hydrogen-bond acceptors (Lipinski definition) is 5. The summed E-state index contributed by atoms with van der Waals surface area (Å²) >= 11 is 0. The van der Waals surface area contributed by atoms with E-state index in [9.17, 15) is 5.11 Å². The molecule has 5 nitrogen and oxygen atoms in total. The summed E-state index contributed by atoms with van der Waals surface area (Å²) in [5, 5.41) is 13.7. The number of aromatic nitrogens is 2. The molecule has 0 aromatic carbocycles. The van der Waals surface area contributed by atoms with Crippen molar-refractivity contribution in [2.75, 3.05) is 13.1 Å². The molecule has 2 heterocycles. The van der Waals surface area contributed by atoms with Gasteiger partial charge in [-0.05, 0) is 33.7 Å². The normalized spacial score (nSPS) is 22.9. The minimum absolute atomic E-state index is 0.330. The first-order valence-corrected chi connectivity index (χ1v) is 5.69. The molecule has 1 atom stereocenters. The van der Waals surface area contributed by atoms with Crippen molar-refractivity contribution in [2.45, 2.75) is 39.3 Å². The van der Waals surface area contributed by atoms with Crippen LogP contribution in [0.3, 0.4) is 0 Å². The van der Waals surface area contributed by atoms with Crippen LogP contribution in [0, 0.1) is 12.8 Å². The van der Waals surface area contributed by atoms with Crippen molar-refractivity contribution in [2.24, 2.45) is 5.92 Å². The molecule has 0 amide bonds. The molecule has 0 spiro atoms. The van der Waals surface area contributed by atoms with Crippen LogP contribution in [0.15, 0.2) is 4.52 Å². The molecule has 1 aromatic rings. The highest BCUT2D eigenvalue weighted by Gasteiger charge is 2.33. The van der Waals surface area contributed by atoms with Gasteiger partial charge in [-0.3, -0.25) is 4.90 Å². The second kappa shape index (κ2) is 4.14. The highest BCUT2D eigenvalue weighted by atomic mass is 16.5. The van der Waals surface area contributed by atoms with Crippen molar-refractivity contribution in [1.29, 1.82) is 0 Å². The Morgan fingerprint density at radius 1 is 1.56 bits per heavy atom. The summed E-state index contributed by atoms with van der Waals surface area (Å²) in [6.45, 7) is 8.13. The minimum Gasteiger partial charge on any atom is -0.390 e. The first-order valence-electron chi connectivity index (χ1n) is 5.69. The average Bonchev–Trinajstić information content (AvgIpc) is 2.74. The van der Waals surface area contributed by atoms with Gasteiger partial charge in [0.15, 0.2) is 5.82 Å². The molecule has 1 aliphatic heterocycles. The van der Waals surface area contributed by atoms with E-state index in [2.05, 4.69) is 15.0 Å². The van der Waals surface area contributed by atoms with Gasteiger partial charge in [0.25, 0.3) is 0 Å². The van der Waals surface area contributed by atoms with Crippen LogP contribution in [-0.2, 0) is 6.54 Å². The number of aliphatic hydroxyl groups is 1. The molecule has 90 valence electrons. The van der Waals surface area contributed by atoms with E-state index in [1.807, 2.05) is 20.8 Å². The van der Waals surface area contributed by atoms with E-state index in [0.29, 0.717) is 24.2 Å².